The van der Waals surface area contributed by atoms with Crippen molar-refractivity contribution < 1.29 is 14.7 Å². The summed E-state index contributed by atoms with van der Waals surface area (Å²) in [6.45, 7) is 3.20. The lowest BCUT2D eigenvalue weighted by Gasteiger charge is -2.25. The van der Waals surface area contributed by atoms with Crippen LogP contribution in [0.25, 0.3) is 0 Å². The second kappa shape index (κ2) is 4.77. The van der Waals surface area contributed by atoms with Gasteiger partial charge in [-0.15, -0.1) is 0 Å². The number of nitrogens with one attached hydrogen (secondary N) is 1. The third-order valence-corrected chi connectivity index (χ3v) is 2.51. The van der Waals surface area contributed by atoms with Gasteiger partial charge >= 0.3 is 5.97 Å². The van der Waals surface area contributed by atoms with Gasteiger partial charge in [-0.1, -0.05) is 6.92 Å². The van der Waals surface area contributed by atoms with Gasteiger partial charge in [-0.05, 0) is 13.3 Å². The molecule has 0 aromatic carbocycles. The molecule has 17 heavy (non-hydrogen) atoms. The highest BCUT2D eigenvalue weighted by molar-refractivity contribution is 5.96. The molecule has 0 aliphatic carbocycles. The Hall–Kier alpha value is -2.18. The number of carbonyl (C=O) groups excluding carboxylic acids is 1. The van der Waals surface area contributed by atoms with Gasteiger partial charge in [0, 0.05) is 12.4 Å². The smallest absolute Gasteiger partial charge is 0.329 e. The summed E-state index contributed by atoms with van der Waals surface area (Å²) < 4.78 is 0. The van der Waals surface area contributed by atoms with E-state index in [2.05, 4.69) is 15.3 Å². The van der Waals surface area contributed by atoms with E-state index in [1.807, 2.05) is 0 Å². The standard InChI is InChI=1S/C10H14N4O3/c1-3-10(2,9(16)17)14-8-6(7(11)15)12-4-5-13-8/h4-5H,3H2,1-2H3,(H2,11,15)(H,13,14)(H,16,17). The van der Waals surface area contributed by atoms with Crippen molar-refractivity contribution >= 4 is 17.7 Å². The minimum Gasteiger partial charge on any atom is -0.480 e. The average molecular weight is 238 g/mol. The third-order valence-electron chi connectivity index (χ3n) is 2.51. The van der Waals surface area contributed by atoms with Gasteiger partial charge in [-0.25, -0.2) is 14.8 Å². The van der Waals surface area contributed by atoms with Gasteiger partial charge in [0.05, 0.1) is 0 Å². The van der Waals surface area contributed by atoms with Crippen molar-refractivity contribution in [3.05, 3.63) is 18.1 Å². The summed E-state index contributed by atoms with van der Waals surface area (Å²) in [4.78, 5) is 29.9. The highest BCUT2D eigenvalue weighted by atomic mass is 16.4. The fraction of sp³-hybridized carbons (Fsp3) is 0.400. The summed E-state index contributed by atoms with van der Waals surface area (Å²) in [6, 6.07) is 0. The molecule has 7 nitrogen and oxygen atoms in total. The molecule has 0 bridgehead atoms. The summed E-state index contributed by atoms with van der Waals surface area (Å²) in [5.74, 6) is -1.72. The van der Waals surface area contributed by atoms with Crippen LogP contribution in [0, 0.1) is 0 Å². The molecule has 0 aliphatic rings. The molecule has 1 atom stereocenters. The lowest BCUT2D eigenvalue weighted by atomic mass is 9.99. The number of nitrogens with two attached hydrogens (primary N) is 1. The number of nitrogens with zero attached hydrogens (tertiary/aromatic N) is 2. The van der Waals surface area contributed by atoms with Crippen LogP contribution in [0.4, 0.5) is 5.82 Å². The van der Waals surface area contributed by atoms with Crippen LogP contribution < -0.4 is 11.1 Å². The lowest BCUT2D eigenvalue weighted by molar-refractivity contribution is -0.141. The summed E-state index contributed by atoms with van der Waals surface area (Å²) in [7, 11) is 0. The predicted octanol–water partition coefficient (Wildman–Crippen LogP) is 0.241. The van der Waals surface area contributed by atoms with Crippen molar-refractivity contribution in [2.24, 2.45) is 5.73 Å². The van der Waals surface area contributed by atoms with E-state index >= 15 is 0 Å². The highest BCUT2D eigenvalue weighted by Crippen LogP contribution is 2.18. The van der Waals surface area contributed by atoms with Crippen molar-refractivity contribution in [2.75, 3.05) is 5.32 Å². The molecule has 0 fully saturated rings. The third kappa shape index (κ3) is 2.68. The molecule has 92 valence electrons. The maximum Gasteiger partial charge on any atom is 0.329 e. The first-order valence-electron chi connectivity index (χ1n) is 5.03. The summed E-state index contributed by atoms with van der Waals surface area (Å²) in [5.41, 5.74) is 3.82. The second-order valence-corrected chi connectivity index (χ2v) is 3.73. The Morgan fingerprint density at radius 2 is 2.06 bits per heavy atom. The Morgan fingerprint density at radius 1 is 1.47 bits per heavy atom. The van der Waals surface area contributed by atoms with Gasteiger partial charge in [-0.2, -0.15) is 0 Å². The zero-order valence-electron chi connectivity index (χ0n) is 9.60. The summed E-state index contributed by atoms with van der Waals surface area (Å²) in [6.07, 6.45) is 2.99. The Labute approximate surface area is 98.1 Å². The van der Waals surface area contributed by atoms with E-state index in [1.54, 1.807) is 6.92 Å². The van der Waals surface area contributed by atoms with Crippen LogP contribution in [-0.2, 0) is 4.79 Å². The van der Waals surface area contributed by atoms with E-state index in [9.17, 15) is 9.59 Å². The van der Waals surface area contributed by atoms with Crippen LogP contribution >= 0.6 is 0 Å². The van der Waals surface area contributed by atoms with Crippen LogP contribution in [0.15, 0.2) is 12.4 Å². The molecule has 1 unspecified atom stereocenters. The molecule has 0 aliphatic heterocycles. The molecule has 0 spiro atoms. The van der Waals surface area contributed by atoms with E-state index < -0.39 is 17.4 Å². The first-order valence-corrected chi connectivity index (χ1v) is 5.03. The molecule has 0 saturated heterocycles. The summed E-state index contributed by atoms with van der Waals surface area (Å²) >= 11 is 0. The topological polar surface area (TPSA) is 118 Å². The van der Waals surface area contributed by atoms with E-state index in [0.717, 1.165) is 0 Å². The second-order valence-electron chi connectivity index (χ2n) is 3.73. The predicted molar refractivity (Wildman–Crippen MR) is 60.5 cm³/mol. The molecule has 0 saturated carbocycles. The first kappa shape index (κ1) is 12.9. The minimum absolute atomic E-state index is 0.0755. The van der Waals surface area contributed by atoms with Crippen LogP contribution in [0.3, 0.4) is 0 Å². The number of amides is 1. The number of carboxylic acid groups (broad SMARTS) is 1. The molecule has 1 aromatic rings. The van der Waals surface area contributed by atoms with Gasteiger partial charge in [0.1, 0.15) is 5.54 Å². The number of hydrogen-bond acceptors (Lipinski definition) is 5. The monoisotopic (exact) mass is 238 g/mol. The number of aromatic nitrogens is 2. The Morgan fingerprint density at radius 3 is 2.53 bits per heavy atom. The molecular formula is C10H14N4O3. The molecule has 0 radical (unpaired) electrons. The number of aliphatic carboxylic acids is 1. The zero-order valence-corrected chi connectivity index (χ0v) is 9.60. The molecular weight excluding hydrogens is 224 g/mol. The minimum atomic E-state index is -1.22. The van der Waals surface area contributed by atoms with Crippen molar-refractivity contribution in [1.29, 1.82) is 0 Å². The molecule has 7 heteroatoms. The van der Waals surface area contributed by atoms with Gasteiger partial charge in [0.15, 0.2) is 11.5 Å². The van der Waals surface area contributed by atoms with E-state index in [-0.39, 0.29) is 11.5 Å². The maximum atomic E-state index is 11.1. The van der Waals surface area contributed by atoms with E-state index in [1.165, 1.54) is 19.3 Å². The van der Waals surface area contributed by atoms with Crippen LogP contribution in [-0.4, -0.2) is 32.5 Å². The quantitative estimate of drug-likeness (QED) is 0.676. The molecule has 1 amide bonds. The van der Waals surface area contributed by atoms with Crippen molar-refractivity contribution in [2.45, 2.75) is 25.8 Å². The average Bonchev–Trinajstić information content (AvgIpc) is 2.29. The van der Waals surface area contributed by atoms with Crippen LogP contribution in [0.5, 0.6) is 0 Å². The van der Waals surface area contributed by atoms with Crippen molar-refractivity contribution in [3.63, 3.8) is 0 Å². The highest BCUT2D eigenvalue weighted by Gasteiger charge is 2.32. The van der Waals surface area contributed by atoms with E-state index in [0.29, 0.717) is 6.42 Å². The Kier molecular flexibility index (Phi) is 3.62. The molecule has 4 N–H and O–H groups in total. The summed E-state index contributed by atoms with van der Waals surface area (Å²) in [5, 5.41) is 11.8. The fourth-order valence-corrected chi connectivity index (χ4v) is 1.16. The lowest BCUT2D eigenvalue weighted by Crippen LogP contribution is -2.43. The normalized spacial score (nSPS) is 13.8. The van der Waals surface area contributed by atoms with Gasteiger partial charge in [0.25, 0.3) is 5.91 Å². The van der Waals surface area contributed by atoms with Crippen LogP contribution in [0.2, 0.25) is 0 Å². The number of primary amides is 1. The van der Waals surface area contributed by atoms with E-state index in [4.69, 9.17) is 10.8 Å². The van der Waals surface area contributed by atoms with Crippen molar-refractivity contribution in [1.82, 2.24) is 9.97 Å². The number of rotatable bonds is 5. The molecule has 1 rings (SSSR count). The SMILES string of the molecule is CCC(C)(Nc1nccnc1C(N)=O)C(=O)O. The first-order chi connectivity index (χ1) is 7.90. The number of hydrogen-bond donors (Lipinski definition) is 3. The van der Waals surface area contributed by atoms with Crippen molar-refractivity contribution in [3.8, 4) is 0 Å². The Balaban J connectivity index is 3.10. The zero-order chi connectivity index (χ0) is 13.1. The Bertz CT molecular complexity index is 449. The number of anilines is 1. The van der Waals surface area contributed by atoms with Gasteiger partial charge < -0.3 is 16.2 Å². The molecule has 1 aromatic heterocycles. The number of carbonyl (C=O) groups is 2. The molecule has 1 heterocycles. The van der Waals surface area contributed by atoms with Gasteiger partial charge in [0.2, 0.25) is 0 Å². The number of carboxylic acids is 1. The van der Waals surface area contributed by atoms with Gasteiger partial charge in [-0.3, -0.25) is 4.79 Å². The largest absolute Gasteiger partial charge is 0.480 e. The fourth-order valence-electron chi connectivity index (χ4n) is 1.16. The maximum absolute atomic E-state index is 11.1. The van der Waals surface area contributed by atoms with Crippen LogP contribution in [0.1, 0.15) is 30.8 Å².